The number of aldehydes is 1. The normalized spacial score (nSPS) is 10.5. The second-order valence-electron chi connectivity index (χ2n) is 3.34. The van der Waals surface area contributed by atoms with Gasteiger partial charge in [0.05, 0.1) is 6.61 Å². The number of methoxy groups -OCH3 is 1. The van der Waals surface area contributed by atoms with Gasteiger partial charge in [-0.05, 0) is 12.1 Å². The highest BCUT2D eigenvalue weighted by Crippen LogP contribution is 2.15. The molecule has 1 aromatic heterocycles. The molecule has 0 amide bonds. The molecule has 5 nitrogen and oxygen atoms in total. The highest BCUT2D eigenvalue weighted by atomic mass is 19.1. The van der Waals surface area contributed by atoms with Crippen molar-refractivity contribution in [3.63, 3.8) is 0 Å². The number of para-hydroxylation sites is 1. The lowest BCUT2D eigenvalue weighted by molar-refractivity contribution is 0.111. The first-order valence-electron chi connectivity index (χ1n) is 4.91. The molecule has 0 aliphatic rings. The molecule has 0 spiro atoms. The maximum absolute atomic E-state index is 13.6. The van der Waals surface area contributed by atoms with Crippen LogP contribution in [0.5, 0.6) is 0 Å². The van der Waals surface area contributed by atoms with Crippen molar-refractivity contribution < 1.29 is 13.9 Å². The van der Waals surface area contributed by atoms with E-state index < -0.39 is 5.82 Å². The smallest absolute Gasteiger partial charge is 0.172 e. The molecule has 0 aliphatic carbocycles. The van der Waals surface area contributed by atoms with Crippen molar-refractivity contribution >= 4 is 6.29 Å². The Morgan fingerprint density at radius 2 is 2.24 bits per heavy atom. The topological polar surface area (TPSA) is 57.0 Å². The van der Waals surface area contributed by atoms with Gasteiger partial charge in [-0.3, -0.25) is 4.79 Å². The van der Waals surface area contributed by atoms with E-state index in [1.165, 1.54) is 17.9 Å². The van der Waals surface area contributed by atoms with Gasteiger partial charge in [0.15, 0.2) is 12.0 Å². The van der Waals surface area contributed by atoms with E-state index in [0.29, 0.717) is 12.0 Å². The summed E-state index contributed by atoms with van der Waals surface area (Å²) >= 11 is 0. The zero-order chi connectivity index (χ0) is 12.3. The zero-order valence-electron chi connectivity index (χ0n) is 9.13. The molecule has 0 unspecified atom stereocenters. The van der Waals surface area contributed by atoms with Gasteiger partial charge in [0.1, 0.15) is 17.2 Å². The van der Waals surface area contributed by atoms with Crippen LogP contribution >= 0.6 is 0 Å². The summed E-state index contributed by atoms with van der Waals surface area (Å²) in [6.45, 7) is 0.134. The zero-order valence-corrected chi connectivity index (χ0v) is 9.13. The molecule has 0 fully saturated rings. The lowest BCUT2D eigenvalue weighted by atomic mass is 10.3. The fraction of sp³-hybridized carbons (Fsp3) is 0.182. The van der Waals surface area contributed by atoms with Crippen LogP contribution in [-0.2, 0) is 11.3 Å². The maximum atomic E-state index is 13.6. The average Bonchev–Trinajstić information content (AvgIpc) is 2.73. The highest BCUT2D eigenvalue weighted by molar-refractivity contribution is 5.73. The van der Waals surface area contributed by atoms with Crippen LogP contribution in [0.2, 0.25) is 0 Å². The van der Waals surface area contributed by atoms with Crippen molar-refractivity contribution in [2.24, 2.45) is 0 Å². The van der Waals surface area contributed by atoms with Crippen molar-refractivity contribution in [3.8, 4) is 5.69 Å². The van der Waals surface area contributed by atoms with Crippen LogP contribution in [0.15, 0.2) is 24.3 Å². The van der Waals surface area contributed by atoms with Crippen LogP contribution in [0, 0.1) is 5.82 Å². The first kappa shape index (κ1) is 11.4. The number of carbonyl (C=O) groups excluding carboxylic acids is 1. The van der Waals surface area contributed by atoms with E-state index >= 15 is 0 Å². The number of halogens is 1. The Morgan fingerprint density at radius 3 is 2.88 bits per heavy atom. The van der Waals surface area contributed by atoms with Gasteiger partial charge in [-0.15, -0.1) is 5.10 Å². The Balaban J connectivity index is 2.55. The molecule has 0 N–H and O–H groups in total. The van der Waals surface area contributed by atoms with Gasteiger partial charge < -0.3 is 4.74 Å². The van der Waals surface area contributed by atoms with E-state index in [9.17, 15) is 9.18 Å². The number of hydrogen-bond donors (Lipinski definition) is 0. The molecule has 2 aromatic rings. The number of rotatable bonds is 4. The fourth-order valence-electron chi connectivity index (χ4n) is 1.49. The van der Waals surface area contributed by atoms with E-state index in [1.54, 1.807) is 18.2 Å². The van der Waals surface area contributed by atoms with Crippen molar-refractivity contribution in [3.05, 3.63) is 41.5 Å². The summed E-state index contributed by atoms with van der Waals surface area (Å²) in [4.78, 5) is 10.8. The van der Waals surface area contributed by atoms with Gasteiger partial charge in [-0.25, -0.2) is 9.07 Å². The summed E-state index contributed by atoms with van der Waals surface area (Å²) in [5.41, 5.74) is 0.808. The van der Waals surface area contributed by atoms with Crippen LogP contribution in [-0.4, -0.2) is 28.4 Å². The number of nitrogens with zero attached hydrogens (tertiary/aromatic N) is 3. The van der Waals surface area contributed by atoms with Crippen LogP contribution in [0.1, 0.15) is 16.2 Å². The molecule has 88 valence electrons. The number of hydrogen-bond acceptors (Lipinski definition) is 4. The van der Waals surface area contributed by atoms with E-state index in [4.69, 9.17) is 4.74 Å². The van der Waals surface area contributed by atoms with Crippen molar-refractivity contribution in [1.82, 2.24) is 15.0 Å². The summed E-state index contributed by atoms with van der Waals surface area (Å²) in [7, 11) is 1.48. The number of benzene rings is 1. The highest BCUT2D eigenvalue weighted by Gasteiger charge is 2.15. The third-order valence-electron chi connectivity index (χ3n) is 2.27. The second kappa shape index (κ2) is 4.84. The van der Waals surface area contributed by atoms with Crippen LogP contribution in [0.4, 0.5) is 4.39 Å². The van der Waals surface area contributed by atoms with E-state index in [2.05, 4.69) is 10.3 Å². The Labute approximate surface area is 96.8 Å². The summed E-state index contributed by atoms with van der Waals surface area (Å²) < 4.78 is 19.8. The fourth-order valence-corrected chi connectivity index (χ4v) is 1.49. The minimum absolute atomic E-state index is 0.134. The van der Waals surface area contributed by atoms with Crippen molar-refractivity contribution in [2.45, 2.75) is 6.61 Å². The summed E-state index contributed by atoms with van der Waals surface area (Å²) in [5, 5.41) is 7.42. The maximum Gasteiger partial charge on any atom is 0.172 e. The molecule has 6 heteroatoms. The summed E-state index contributed by atoms with van der Waals surface area (Å²) in [5.74, 6) is -0.438. The first-order chi connectivity index (χ1) is 8.27. The van der Waals surface area contributed by atoms with Gasteiger partial charge in [0.2, 0.25) is 0 Å². The molecular weight excluding hydrogens is 225 g/mol. The molecule has 0 aliphatic heterocycles. The largest absolute Gasteiger partial charge is 0.378 e. The molecule has 2 rings (SSSR count). The number of ether oxygens (including phenoxy) is 1. The van der Waals surface area contributed by atoms with Crippen molar-refractivity contribution in [1.29, 1.82) is 0 Å². The first-order valence-corrected chi connectivity index (χ1v) is 4.91. The number of aromatic nitrogens is 3. The molecule has 1 heterocycles. The van der Waals surface area contributed by atoms with Crippen LogP contribution in [0.25, 0.3) is 5.69 Å². The van der Waals surface area contributed by atoms with E-state index in [-0.39, 0.29) is 18.0 Å². The molecule has 0 saturated carbocycles. The van der Waals surface area contributed by atoms with Gasteiger partial charge in [0, 0.05) is 7.11 Å². The van der Waals surface area contributed by atoms with Gasteiger partial charge in [-0.2, -0.15) is 0 Å². The Kier molecular flexibility index (Phi) is 3.24. The molecular formula is C11H10FN3O2. The standard InChI is InChI=1S/C11H10FN3O2/c1-17-7-11-9(6-16)13-14-15(11)10-5-3-2-4-8(10)12/h2-6H,7H2,1H3. The average molecular weight is 235 g/mol. The number of carbonyl (C=O) groups is 1. The van der Waals surface area contributed by atoms with Crippen LogP contribution in [0.3, 0.4) is 0 Å². The quantitative estimate of drug-likeness (QED) is 0.751. The minimum atomic E-state index is -0.438. The molecule has 0 radical (unpaired) electrons. The predicted octanol–water partition coefficient (Wildman–Crippen LogP) is 1.37. The van der Waals surface area contributed by atoms with E-state index in [0.717, 1.165) is 0 Å². The Hall–Kier alpha value is -2.08. The minimum Gasteiger partial charge on any atom is -0.378 e. The Morgan fingerprint density at radius 1 is 1.47 bits per heavy atom. The van der Waals surface area contributed by atoms with E-state index in [1.807, 2.05) is 0 Å². The molecule has 0 bridgehead atoms. The van der Waals surface area contributed by atoms with Gasteiger partial charge in [-0.1, -0.05) is 17.3 Å². The van der Waals surface area contributed by atoms with Gasteiger partial charge in [0.25, 0.3) is 0 Å². The van der Waals surface area contributed by atoms with Gasteiger partial charge >= 0.3 is 0 Å². The third kappa shape index (κ3) is 2.07. The van der Waals surface area contributed by atoms with Crippen molar-refractivity contribution in [2.75, 3.05) is 7.11 Å². The monoisotopic (exact) mass is 235 g/mol. The molecule has 0 atom stereocenters. The summed E-state index contributed by atoms with van der Waals surface area (Å²) in [6, 6.07) is 6.12. The predicted molar refractivity (Wildman–Crippen MR) is 57.4 cm³/mol. The lowest BCUT2D eigenvalue weighted by Gasteiger charge is -2.06. The third-order valence-corrected chi connectivity index (χ3v) is 2.27. The lowest BCUT2D eigenvalue weighted by Crippen LogP contribution is -2.06. The second-order valence-corrected chi connectivity index (χ2v) is 3.34. The molecule has 0 saturated heterocycles. The SMILES string of the molecule is COCc1c(C=O)nnn1-c1ccccc1F. The molecule has 1 aromatic carbocycles. The van der Waals surface area contributed by atoms with Crippen LogP contribution < -0.4 is 0 Å². The Bertz CT molecular complexity index is 539. The summed E-state index contributed by atoms with van der Waals surface area (Å²) in [6.07, 6.45) is 0.568. The molecule has 17 heavy (non-hydrogen) atoms.